The molecule has 5 nitrogen and oxygen atoms in total. The second-order valence-electron chi connectivity index (χ2n) is 5.69. The summed E-state index contributed by atoms with van der Waals surface area (Å²) in [6.45, 7) is 0. The van der Waals surface area contributed by atoms with Gasteiger partial charge in [-0.2, -0.15) is 23.5 Å². The van der Waals surface area contributed by atoms with Crippen molar-refractivity contribution in [3.63, 3.8) is 0 Å². The van der Waals surface area contributed by atoms with Gasteiger partial charge < -0.3 is 5.32 Å². The van der Waals surface area contributed by atoms with E-state index in [4.69, 9.17) is 0 Å². The highest BCUT2D eigenvalue weighted by Gasteiger charge is 2.63. The van der Waals surface area contributed by atoms with Crippen molar-refractivity contribution in [3.05, 3.63) is 70.1 Å². The molecule has 28 heavy (non-hydrogen) atoms. The van der Waals surface area contributed by atoms with E-state index in [0.717, 1.165) is 12.1 Å². The van der Waals surface area contributed by atoms with Crippen LogP contribution in [0.3, 0.4) is 0 Å². The first-order chi connectivity index (χ1) is 13.2. The normalized spacial score (nSPS) is 18.9. The first-order valence-corrected chi connectivity index (χ1v) is 8.46. The van der Waals surface area contributed by atoms with Gasteiger partial charge in [-0.15, -0.1) is 5.11 Å². The topological polar surface area (TPSA) is 77.6 Å². The summed E-state index contributed by atoms with van der Waals surface area (Å²) in [7, 11) is 0. The molecule has 0 spiro atoms. The van der Waals surface area contributed by atoms with Gasteiger partial charge in [-0.3, -0.25) is 4.79 Å². The Morgan fingerprint density at radius 1 is 1.18 bits per heavy atom. The number of azo groups is 1. The van der Waals surface area contributed by atoms with Gasteiger partial charge in [0.05, 0.1) is 5.69 Å². The number of carbonyl (C=O) groups excluding carboxylic acids is 1. The summed E-state index contributed by atoms with van der Waals surface area (Å²) in [5, 5.41) is 17.9. The molecular weight excluding hydrogens is 444 g/mol. The summed E-state index contributed by atoms with van der Waals surface area (Å²) in [6.07, 6.45) is -5.12. The summed E-state index contributed by atoms with van der Waals surface area (Å²) in [5.74, 6) is -1.92. The fourth-order valence-corrected chi connectivity index (χ4v) is 2.95. The number of hydrogen-bond donors (Lipinski definition) is 1. The fourth-order valence-electron chi connectivity index (χ4n) is 2.62. The van der Waals surface area contributed by atoms with Crippen molar-refractivity contribution >= 4 is 33.1 Å². The first-order valence-electron chi connectivity index (χ1n) is 7.67. The van der Waals surface area contributed by atoms with Crippen molar-refractivity contribution in [3.8, 4) is 6.07 Å². The Kier molecular flexibility index (Phi) is 5.04. The molecule has 1 atom stereocenters. The monoisotopic (exact) mass is 452 g/mol. The average Bonchev–Trinajstić information content (AvgIpc) is 3.05. The molecule has 1 aliphatic heterocycles. The van der Waals surface area contributed by atoms with Gasteiger partial charge in [0.2, 0.25) is 0 Å². The molecule has 0 saturated carbocycles. The summed E-state index contributed by atoms with van der Waals surface area (Å²) < 4.78 is 55.5. The maximum Gasteiger partial charge on any atom is 0.433 e. The molecule has 1 aliphatic rings. The Labute approximate surface area is 164 Å². The maximum atomic E-state index is 14.0. The van der Waals surface area contributed by atoms with Crippen molar-refractivity contribution in [2.24, 2.45) is 10.2 Å². The molecule has 0 fully saturated rings. The van der Waals surface area contributed by atoms with E-state index >= 15 is 0 Å². The molecule has 142 valence electrons. The van der Waals surface area contributed by atoms with E-state index in [-0.39, 0.29) is 11.3 Å². The van der Waals surface area contributed by atoms with E-state index in [9.17, 15) is 27.6 Å². The number of carbonyl (C=O) groups is 1. The van der Waals surface area contributed by atoms with E-state index in [1.54, 1.807) is 6.07 Å². The molecule has 0 aliphatic carbocycles. The Morgan fingerprint density at radius 3 is 2.43 bits per heavy atom. The smallest absolute Gasteiger partial charge is 0.318 e. The number of nitrogens with zero attached hydrogens (tertiary/aromatic N) is 3. The van der Waals surface area contributed by atoms with Crippen LogP contribution in [0.5, 0.6) is 0 Å². The molecule has 2 aromatic rings. The molecule has 10 heteroatoms. The van der Waals surface area contributed by atoms with Crippen LogP contribution in [0, 0.1) is 17.1 Å². The van der Waals surface area contributed by atoms with Gasteiger partial charge in [-0.1, -0.05) is 46.3 Å². The van der Waals surface area contributed by atoms with E-state index in [0.29, 0.717) is 4.47 Å². The zero-order chi connectivity index (χ0) is 20.5. The minimum absolute atomic E-state index is 0.0483. The summed E-state index contributed by atoms with van der Waals surface area (Å²) in [4.78, 5) is 12.6. The largest absolute Gasteiger partial charge is 0.433 e. The van der Waals surface area contributed by atoms with Crippen molar-refractivity contribution in [1.29, 1.82) is 5.26 Å². The Bertz CT molecular complexity index is 1040. The minimum atomic E-state index is -5.12. The van der Waals surface area contributed by atoms with Crippen molar-refractivity contribution in [2.75, 3.05) is 5.32 Å². The van der Waals surface area contributed by atoms with Gasteiger partial charge >= 0.3 is 6.18 Å². The molecule has 0 bridgehead atoms. The standard InChI is InChI=1S/C18H9BrF4N4O/c19-11-6-7-13(12(20)8-11)25-16(28)15-14(10-4-2-1-3-5-10)17(9-24,27-26-15)18(21,22)23/h1-8H,(H,25,28). The molecule has 2 aromatic carbocycles. The molecule has 1 heterocycles. The van der Waals surface area contributed by atoms with Crippen LogP contribution < -0.4 is 5.32 Å². The number of alkyl halides is 3. The SMILES string of the molecule is N#CC1(C(F)(F)F)N=NC(C(=O)Nc2ccc(Br)cc2F)=C1c1ccccc1. The third kappa shape index (κ3) is 3.29. The second-order valence-corrected chi connectivity index (χ2v) is 6.60. The molecule has 3 rings (SSSR count). The molecule has 1 N–H and O–H groups in total. The number of nitrogens with one attached hydrogen (secondary N) is 1. The minimum Gasteiger partial charge on any atom is -0.318 e. The predicted molar refractivity (Wildman–Crippen MR) is 95.3 cm³/mol. The van der Waals surface area contributed by atoms with Crippen LogP contribution >= 0.6 is 15.9 Å². The number of nitriles is 1. The van der Waals surface area contributed by atoms with Crippen molar-refractivity contribution in [2.45, 2.75) is 11.7 Å². The molecule has 0 saturated heterocycles. The molecule has 0 radical (unpaired) electrons. The van der Waals surface area contributed by atoms with E-state index in [1.165, 1.54) is 36.4 Å². The van der Waals surface area contributed by atoms with Gasteiger partial charge in [0.1, 0.15) is 11.9 Å². The lowest BCUT2D eigenvalue weighted by molar-refractivity contribution is -0.153. The lowest BCUT2D eigenvalue weighted by Gasteiger charge is -2.23. The average molecular weight is 453 g/mol. The number of amides is 1. The third-order valence-electron chi connectivity index (χ3n) is 3.93. The summed E-state index contributed by atoms with van der Waals surface area (Å²) in [5.41, 5.74) is -5.07. The van der Waals surface area contributed by atoms with Gasteiger partial charge in [0, 0.05) is 10.0 Å². The van der Waals surface area contributed by atoms with E-state index in [1.807, 2.05) is 0 Å². The Hall–Kier alpha value is -3.06. The number of rotatable bonds is 3. The number of anilines is 1. The van der Waals surface area contributed by atoms with Crippen LogP contribution in [0.25, 0.3) is 5.57 Å². The maximum absolute atomic E-state index is 14.0. The number of halogens is 5. The van der Waals surface area contributed by atoms with E-state index < -0.39 is 34.7 Å². The Balaban J connectivity index is 2.13. The van der Waals surface area contributed by atoms with E-state index in [2.05, 4.69) is 31.5 Å². The second kappa shape index (κ2) is 7.16. The van der Waals surface area contributed by atoms with Gasteiger partial charge in [0.15, 0.2) is 5.70 Å². The number of hydrogen-bond acceptors (Lipinski definition) is 4. The van der Waals surface area contributed by atoms with Crippen LogP contribution in [0.15, 0.2) is 68.9 Å². The van der Waals surface area contributed by atoms with Crippen LogP contribution in [0.2, 0.25) is 0 Å². The third-order valence-corrected chi connectivity index (χ3v) is 4.42. The zero-order valence-electron chi connectivity index (χ0n) is 13.8. The summed E-state index contributed by atoms with van der Waals surface area (Å²) in [6, 6.07) is 11.9. The van der Waals surface area contributed by atoms with Gasteiger partial charge in [-0.25, -0.2) is 4.39 Å². The molecular formula is C18H9BrF4N4O. The van der Waals surface area contributed by atoms with Gasteiger partial charge in [0.25, 0.3) is 11.4 Å². The highest BCUT2D eigenvalue weighted by Crippen LogP contribution is 2.49. The fraction of sp³-hybridized carbons (Fsp3) is 0.111. The highest BCUT2D eigenvalue weighted by atomic mass is 79.9. The lowest BCUT2D eigenvalue weighted by atomic mass is 9.85. The predicted octanol–water partition coefficient (Wildman–Crippen LogP) is 5.23. The first kappa shape index (κ1) is 19.7. The number of benzene rings is 2. The van der Waals surface area contributed by atoms with Crippen LogP contribution in [-0.4, -0.2) is 17.6 Å². The van der Waals surface area contributed by atoms with Crippen LogP contribution in [-0.2, 0) is 4.79 Å². The van der Waals surface area contributed by atoms with Crippen molar-refractivity contribution in [1.82, 2.24) is 0 Å². The Morgan fingerprint density at radius 2 is 1.86 bits per heavy atom. The van der Waals surface area contributed by atoms with Gasteiger partial charge in [-0.05, 0) is 23.8 Å². The molecule has 1 unspecified atom stereocenters. The molecule has 0 aromatic heterocycles. The lowest BCUT2D eigenvalue weighted by Crippen LogP contribution is -2.42. The summed E-state index contributed by atoms with van der Waals surface area (Å²) >= 11 is 3.06. The van der Waals surface area contributed by atoms with Crippen LogP contribution in [0.4, 0.5) is 23.2 Å². The van der Waals surface area contributed by atoms with Crippen molar-refractivity contribution < 1.29 is 22.4 Å². The van der Waals surface area contributed by atoms with Crippen LogP contribution in [0.1, 0.15) is 5.56 Å². The zero-order valence-corrected chi connectivity index (χ0v) is 15.3. The highest BCUT2D eigenvalue weighted by molar-refractivity contribution is 9.10. The molecule has 1 amide bonds. The quantitative estimate of drug-likeness (QED) is 0.647.